The van der Waals surface area contributed by atoms with E-state index in [4.69, 9.17) is 9.84 Å². The summed E-state index contributed by atoms with van der Waals surface area (Å²) < 4.78 is 4.97. The molecule has 0 heterocycles. The highest BCUT2D eigenvalue weighted by Gasteiger charge is 2.22. The van der Waals surface area contributed by atoms with Crippen LogP contribution in [0.15, 0.2) is 30.3 Å². The Bertz CT molecular complexity index is 664. The van der Waals surface area contributed by atoms with E-state index in [1.165, 1.54) is 0 Å². The van der Waals surface area contributed by atoms with Crippen LogP contribution in [0.5, 0.6) is 0 Å². The van der Waals surface area contributed by atoms with Gasteiger partial charge in [0.25, 0.3) is 0 Å². The molecular formula is C19H26N2O7. The first kappa shape index (κ1) is 23.1. The highest BCUT2D eigenvalue weighted by Crippen LogP contribution is 2.03. The first-order valence-electron chi connectivity index (χ1n) is 8.98. The molecule has 0 fully saturated rings. The van der Waals surface area contributed by atoms with Crippen LogP contribution < -0.4 is 10.6 Å². The SMILES string of the molecule is CCC(=O)CC[C@@H](NC(=O)C[C@@H](O)CNC(=O)OCc1ccccc1)C(=O)O. The number of nitrogens with one attached hydrogen (secondary N) is 2. The molecule has 0 spiro atoms. The van der Waals surface area contributed by atoms with Crippen molar-refractivity contribution < 1.29 is 34.1 Å². The van der Waals surface area contributed by atoms with Crippen molar-refractivity contribution in [1.29, 1.82) is 0 Å². The van der Waals surface area contributed by atoms with Crippen molar-refractivity contribution in [3.05, 3.63) is 35.9 Å². The van der Waals surface area contributed by atoms with E-state index in [0.29, 0.717) is 6.42 Å². The van der Waals surface area contributed by atoms with Gasteiger partial charge in [-0.25, -0.2) is 9.59 Å². The summed E-state index contributed by atoms with van der Waals surface area (Å²) in [6.45, 7) is 1.51. The average Bonchev–Trinajstić information content (AvgIpc) is 2.68. The first-order valence-corrected chi connectivity index (χ1v) is 8.98. The van der Waals surface area contributed by atoms with Crippen LogP contribution in [-0.4, -0.2) is 52.7 Å². The highest BCUT2D eigenvalue weighted by molar-refractivity contribution is 5.85. The second kappa shape index (κ2) is 12.4. The topological polar surface area (TPSA) is 142 Å². The molecule has 28 heavy (non-hydrogen) atoms. The molecule has 0 aromatic heterocycles. The number of amides is 2. The molecule has 0 bridgehead atoms. The summed E-state index contributed by atoms with van der Waals surface area (Å²) >= 11 is 0. The van der Waals surface area contributed by atoms with E-state index in [1.807, 2.05) is 18.2 Å². The third kappa shape index (κ3) is 9.67. The number of Topliss-reactive ketones (excluding diaryl/α,β-unsaturated/α-hetero) is 1. The molecule has 2 atom stereocenters. The Morgan fingerprint density at radius 3 is 2.43 bits per heavy atom. The van der Waals surface area contributed by atoms with Crippen molar-refractivity contribution in [1.82, 2.24) is 10.6 Å². The number of aliphatic carboxylic acids is 1. The fourth-order valence-corrected chi connectivity index (χ4v) is 2.25. The van der Waals surface area contributed by atoms with Gasteiger partial charge in [-0.3, -0.25) is 9.59 Å². The number of benzene rings is 1. The Morgan fingerprint density at radius 2 is 1.82 bits per heavy atom. The molecule has 1 aromatic rings. The third-order valence-corrected chi connectivity index (χ3v) is 3.86. The zero-order valence-corrected chi connectivity index (χ0v) is 15.7. The Kier molecular flexibility index (Phi) is 10.3. The number of ketones is 1. The normalized spacial score (nSPS) is 12.5. The Morgan fingerprint density at radius 1 is 1.14 bits per heavy atom. The van der Waals surface area contributed by atoms with Crippen molar-refractivity contribution in [2.24, 2.45) is 0 Å². The van der Waals surface area contributed by atoms with Crippen molar-refractivity contribution >= 4 is 23.8 Å². The first-order chi connectivity index (χ1) is 13.3. The lowest BCUT2D eigenvalue weighted by Crippen LogP contribution is -2.43. The lowest BCUT2D eigenvalue weighted by Gasteiger charge is -2.16. The molecule has 0 unspecified atom stereocenters. The number of aliphatic hydroxyl groups excluding tert-OH is 1. The van der Waals surface area contributed by atoms with Crippen LogP contribution in [0, 0.1) is 0 Å². The number of ether oxygens (including phenoxy) is 1. The number of carbonyl (C=O) groups excluding carboxylic acids is 3. The number of carboxylic acids is 1. The minimum atomic E-state index is -1.26. The number of carboxylic acid groups (broad SMARTS) is 1. The monoisotopic (exact) mass is 394 g/mol. The molecule has 154 valence electrons. The van der Waals surface area contributed by atoms with Gasteiger partial charge in [-0.05, 0) is 12.0 Å². The van der Waals surface area contributed by atoms with Crippen LogP contribution in [0.3, 0.4) is 0 Å². The maximum absolute atomic E-state index is 11.9. The van der Waals surface area contributed by atoms with Crippen molar-refractivity contribution in [3.63, 3.8) is 0 Å². The van der Waals surface area contributed by atoms with E-state index in [2.05, 4.69) is 10.6 Å². The van der Waals surface area contributed by atoms with E-state index in [-0.39, 0.29) is 31.8 Å². The molecule has 0 saturated carbocycles. The molecule has 0 aliphatic rings. The van der Waals surface area contributed by atoms with E-state index in [9.17, 15) is 24.3 Å². The zero-order valence-electron chi connectivity index (χ0n) is 15.7. The summed E-state index contributed by atoms with van der Waals surface area (Å²) in [5, 5.41) is 23.5. The van der Waals surface area contributed by atoms with Gasteiger partial charge in [0.05, 0.1) is 12.5 Å². The molecule has 0 aliphatic heterocycles. The molecule has 1 rings (SSSR count). The van der Waals surface area contributed by atoms with E-state index in [0.717, 1.165) is 5.56 Å². The second-order valence-corrected chi connectivity index (χ2v) is 6.19. The van der Waals surface area contributed by atoms with E-state index < -0.39 is 36.5 Å². The fourth-order valence-electron chi connectivity index (χ4n) is 2.25. The summed E-state index contributed by atoms with van der Waals surface area (Å²) in [5.41, 5.74) is 0.804. The van der Waals surface area contributed by atoms with Crippen LogP contribution in [-0.2, 0) is 25.7 Å². The summed E-state index contributed by atoms with van der Waals surface area (Å²) in [5.74, 6) is -2.04. The lowest BCUT2D eigenvalue weighted by atomic mass is 10.1. The average molecular weight is 394 g/mol. The number of alkyl carbamates (subject to hydrolysis) is 1. The van der Waals surface area contributed by atoms with Crippen molar-refractivity contribution in [3.8, 4) is 0 Å². The number of aliphatic hydroxyl groups is 1. The standard InChI is InChI=1S/C19H26N2O7/c1-2-14(22)8-9-16(18(25)26)21-17(24)10-15(23)11-20-19(27)28-12-13-6-4-3-5-7-13/h3-7,15-16,23H,2,8-12H2,1H3,(H,20,27)(H,21,24)(H,25,26)/t15-,16-/m1/s1. The Balaban J connectivity index is 2.31. The van der Waals surface area contributed by atoms with E-state index in [1.54, 1.807) is 19.1 Å². The van der Waals surface area contributed by atoms with Gasteiger partial charge in [0.2, 0.25) is 5.91 Å². The van der Waals surface area contributed by atoms with Crippen molar-refractivity contribution in [2.45, 2.75) is 51.4 Å². The van der Waals surface area contributed by atoms with Crippen LogP contribution in [0.4, 0.5) is 4.79 Å². The Labute approximate surface area is 163 Å². The molecule has 0 saturated heterocycles. The molecule has 1 aromatic carbocycles. The maximum Gasteiger partial charge on any atom is 0.407 e. The number of hydrogen-bond donors (Lipinski definition) is 4. The number of rotatable bonds is 12. The van der Waals surface area contributed by atoms with Gasteiger partial charge in [0, 0.05) is 19.4 Å². The molecule has 0 aliphatic carbocycles. The predicted octanol–water partition coefficient (Wildman–Crippen LogP) is 0.992. The van der Waals surface area contributed by atoms with E-state index >= 15 is 0 Å². The summed E-state index contributed by atoms with van der Waals surface area (Å²) in [6, 6.07) is 7.82. The minimum absolute atomic E-state index is 0.0199. The molecule has 2 amide bonds. The summed E-state index contributed by atoms with van der Waals surface area (Å²) in [4.78, 5) is 45.9. The smallest absolute Gasteiger partial charge is 0.407 e. The molecule has 9 heteroatoms. The van der Waals surface area contributed by atoms with Crippen LogP contribution in [0.1, 0.15) is 38.2 Å². The number of hydrogen-bond acceptors (Lipinski definition) is 6. The molecular weight excluding hydrogens is 368 g/mol. The van der Waals surface area contributed by atoms with Gasteiger partial charge in [0.1, 0.15) is 18.4 Å². The predicted molar refractivity (Wildman–Crippen MR) is 99.4 cm³/mol. The summed E-state index contributed by atoms with van der Waals surface area (Å²) in [7, 11) is 0. The quantitative estimate of drug-likeness (QED) is 0.414. The third-order valence-electron chi connectivity index (χ3n) is 3.86. The lowest BCUT2D eigenvalue weighted by molar-refractivity contribution is -0.142. The fraction of sp³-hybridized carbons (Fsp3) is 0.474. The van der Waals surface area contributed by atoms with Crippen LogP contribution in [0.25, 0.3) is 0 Å². The highest BCUT2D eigenvalue weighted by atomic mass is 16.5. The molecule has 0 radical (unpaired) electrons. The molecule has 9 nitrogen and oxygen atoms in total. The van der Waals surface area contributed by atoms with Crippen molar-refractivity contribution in [2.75, 3.05) is 6.54 Å². The van der Waals surface area contributed by atoms with Gasteiger partial charge in [-0.1, -0.05) is 37.3 Å². The van der Waals surface area contributed by atoms with Gasteiger partial charge in [0.15, 0.2) is 0 Å². The maximum atomic E-state index is 11.9. The van der Waals surface area contributed by atoms with Crippen LogP contribution in [0.2, 0.25) is 0 Å². The van der Waals surface area contributed by atoms with Gasteiger partial charge >= 0.3 is 12.1 Å². The summed E-state index contributed by atoms with van der Waals surface area (Å²) in [6.07, 6.45) is -2.03. The van der Waals surface area contributed by atoms with Crippen LogP contribution >= 0.6 is 0 Å². The molecule has 4 N–H and O–H groups in total. The number of carbonyl (C=O) groups is 4. The minimum Gasteiger partial charge on any atom is -0.480 e. The Hall–Kier alpha value is -2.94. The van der Waals surface area contributed by atoms with Gasteiger partial charge in [-0.2, -0.15) is 0 Å². The van der Waals surface area contributed by atoms with Gasteiger partial charge in [-0.15, -0.1) is 0 Å². The second-order valence-electron chi connectivity index (χ2n) is 6.19. The largest absolute Gasteiger partial charge is 0.480 e. The van der Waals surface area contributed by atoms with Gasteiger partial charge < -0.3 is 25.6 Å². The zero-order chi connectivity index (χ0) is 20.9.